The Kier molecular flexibility index (Phi) is 6.28. The molecule has 1 atom stereocenters. The number of nitrogens with one attached hydrogen (secondary N) is 3. The van der Waals surface area contributed by atoms with E-state index in [0.717, 1.165) is 0 Å². The molecule has 2 aliphatic heterocycles. The number of anilines is 1. The number of aromatic amines is 1. The molecule has 1 saturated heterocycles. The number of para-hydroxylation sites is 2. The number of nitrogens with zero attached hydrogens (tertiary/aromatic N) is 3. The summed E-state index contributed by atoms with van der Waals surface area (Å²) in [5.74, 6) is -0.0987. The van der Waals surface area contributed by atoms with E-state index in [2.05, 4.69) is 25.5 Å². The van der Waals surface area contributed by atoms with Crippen molar-refractivity contribution in [2.75, 3.05) is 31.5 Å². The number of fused-ring (bicyclic) bond motifs is 2. The number of carbonyl (C=O) groups excluding carboxylic acids is 3. The Balaban J connectivity index is 1.13. The van der Waals surface area contributed by atoms with E-state index in [-0.39, 0.29) is 36.1 Å². The highest BCUT2D eigenvalue weighted by Gasteiger charge is 2.29. The summed E-state index contributed by atoms with van der Waals surface area (Å²) in [6.45, 7) is 2.89. The van der Waals surface area contributed by atoms with Crippen LogP contribution in [0.25, 0.3) is 10.9 Å². The lowest BCUT2D eigenvalue weighted by Gasteiger charge is -2.34. The second kappa shape index (κ2) is 9.67. The van der Waals surface area contributed by atoms with Crippen LogP contribution in [-0.4, -0.2) is 69.7 Å². The fourth-order valence-corrected chi connectivity index (χ4v) is 4.52. The van der Waals surface area contributed by atoms with Crippen molar-refractivity contribution in [2.24, 2.45) is 0 Å². The van der Waals surface area contributed by atoms with Crippen molar-refractivity contribution in [2.45, 2.75) is 25.4 Å². The molecular formula is C25H26N6O4. The highest BCUT2D eigenvalue weighted by atomic mass is 16.2. The predicted molar refractivity (Wildman–Crippen MR) is 130 cm³/mol. The minimum absolute atomic E-state index is 0.0503. The van der Waals surface area contributed by atoms with Gasteiger partial charge in [0, 0.05) is 32.6 Å². The molecule has 0 radical (unpaired) electrons. The summed E-state index contributed by atoms with van der Waals surface area (Å²) >= 11 is 0. The minimum Gasteiger partial charge on any atom is -0.340 e. The van der Waals surface area contributed by atoms with Gasteiger partial charge < -0.3 is 20.5 Å². The highest BCUT2D eigenvalue weighted by molar-refractivity contribution is 6.09. The number of H-pyrrole nitrogens is 1. The van der Waals surface area contributed by atoms with Crippen LogP contribution in [0.1, 0.15) is 29.0 Å². The summed E-state index contributed by atoms with van der Waals surface area (Å²) in [6, 6.07) is 13.3. The van der Waals surface area contributed by atoms with Gasteiger partial charge in [0.15, 0.2) is 0 Å². The molecule has 0 unspecified atom stereocenters. The molecule has 1 aromatic heterocycles. The lowest BCUT2D eigenvalue weighted by molar-refractivity contribution is -0.133. The number of hydrogen-bond acceptors (Lipinski definition) is 6. The molecule has 2 aromatic carbocycles. The molecule has 0 bridgehead atoms. The van der Waals surface area contributed by atoms with E-state index in [1.54, 1.807) is 35.2 Å². The van der Waals surface area contributed by atoms with Gasteiger partial charge in [-0.25, -0.2) is 4.98 Å². The summed E-state index contributed by atoms with van der Waals surface area (Å²) in [5, 5.41) is 6.06. The van der Waals surface area contributed by atoms with Gasteiger partial charge in [-0.15, -0.1) is 0 Å². The largest absolute Gasteiger partial charge is 0.340 e. The van der Waals surface area contributed by atoms with E-state index in [1.165, 1.54) is 0 Å². The van der Waals surface area contributed by atoms with Crippen LogP contribution in [0.15, 0.2) is 53.3 Å². The van der Waals surface area contributed by atoms with Crippen molar-refractivity contribution in [1.29, 1.82) is 0 Å². The van der Waals surface area contributed by atoms with Crippen LogP contribution < -0.4 is 16.2 Å². The van der Waals surface area contributed by atoms with E-state index < -0.39 is 6.04 Å². The molecule has 1 fully saturated rings. The number of carbonyl (C=O) groups is 3. The topological polar surface area (TPSA) is 128 Å². The van der Waals surface area contributed by atoms with Crippen LogP contribution in [0, 0.1) is 0 Å². The third-order valence-corrected chi connectivity index (χ3v) is 6.46. The van der Waals surface area contributed by atoms with Crippen molar-refractivity contribution in [3.05, 3.63) is 70.3 Å². The number of amides is 3. The number of hydrogen-bond donors (Lipinski definition) is 3. The molecular weight excluding hydrogens is 448 g/mol. The summed E-state index contributed by atoms with van der Waals surface area (Å²) in [5.41, 5.74) is 1.39. The van der Waals surface area contributed by atoms with Crippen molar-refractivity contribution in [3.8, 4) is 0 Å². The number of benzene rings is 2. The Morgan fingerprint density at radius 1 is 0.971 bits per heavy atom. The molecule has 0 saturated carbocycles. The van der Waals surface area contributed by atoms with Crippen LogP contribution in [0.4, 0.5) is 5.69 Å². The van der Waals surface area contributed by atoms with Gasteiger partial charge in [0.05, 0.1) is 28.7 Å². The first kappa shape index (κ1) is 22.7. The maximum absolute atomic E-state index is 12.8. The predicted octanol–water partition coefficient (Wildman–Crippen LogP) is 1.10. The fraction of sp³-hybridized carbons (Fsp3) is 0.320. The van der Waals surface area contributed by atoms with Crippen molar-refractivity contribution in [3.63, 3.8) is 0 Å². The second-order valence-corrected chi connectivity index (χ2v) is 8.79. The zero-order valence-electron chi connectivity index (χ0n) is 19.1. The van der Waals surface area contributed by atoms with Gasteiger partial charge in [-0.2, -0.15) is 0 Å². The Labute approximate surface area is 201 Å². The van der Waals surface area contributed by atoms with Crippen molar-refractivity contribution < 1.29 is 14.4 Å². The van der Waals surface area contributed by atoms with E-state index >= 15 is 0 Å². The Bertz CT molecular complexity index is 1350. The van der Waals surface area contributed by atoms with E-state index in [0.29, 0.717) is 60.7 Å². The standard InChI is InChI=1S/C25H26N6O4/c32-22(10-9-20-25(35)27-19-8-4-2-6-17(19)23(33)28-20)31-13-11-30(12-14-31)15-21-26-18-7-3-1-5-16(18)24(34)29-21/h1-8,20H,9-15H2,(H,27,35)(H,28,33)(H,26,29,34)/t20-/m1/s1. The second-order valence-electron chi connectivity index (χ2n) is 8.79. The van der Waals surface area contributed by atoms with Gasteiger partial charge in [-0.1, -0.05) is 24.3 Å². The SMILES string of the molecule is O=C1N[C@H](CCC(=O)N2CCN(Cc3nc4ccccc4c(=O)[nH]3)CC2)C(=O)Nc2ccccc21. The minimum atomic E-state index is -0.768. The van der Waals surface area contributed by atoms with Gasteiger partial charge in [0.1, 0.15) is 11.9 Å². The molecule has 3 aromatic rings. The normalized spacial score (nSPS) is 18.5. The zero-order chi connectivity index (χ0) is 24.4. The Hall–Kier alpha value is -4.05. The number of aromatic nitrogens is 2. The summed E-state index contributed by atoms with van der Waals surface area (Å²) in [4.78, 5) is 61.4. The molecule has 2 aliphatic rings. The quantitative estimate of drug-likeness (QED) is 0.508. The lowest BCUT2D eigenvalue weighted by atomic mass is 10.1. The molecule has 0 aliphatic carbocycles. The van der Waals surface area contributed by atoms with Crippen molar-refractivity contribution >= 4 is 34.3 Å². The molecule has 10 nitrogen and oxygen atoms in total. The van der Waals surface area contributed by atoms with E-state index in [1.807, 2.05) is 18.2 Å². The van der Waals surface area contributed by atoms with Gasteiger partial charge >= 0.3 is 0 Å². The first-order chi connectivity index (χ1) is 17.0. The molecule has 3 N–H and O–H groups in total. The molecule has 0 spiro atoms. The third kappa shape index (κ3) is 4.92. The first-order valence-electron chi connectivity index (χ1n) is 11.7. The Morgan fingerprint density at radius 3 is 2.54 bits per heavy atom. The monoisotopic (exact) mass is 474 g/mol. The highest BCUT2D eigenvalue weighted by Crippen LogP contribution is 2.19. The van der Waals surface area contributed by atoms with Crippen LogP contribution in [0.2, 0.25) is 0 Å². The molecule has 3 heterocycles. The Morgan fingerprint density at radius 2 is 1.71 bits per heavy atom. The average molecular weight is 475 g/mol. The first-order valence-corrected chi connectivity index (χ1v) is 11.7. The molecule has 5 rings (SSSR count). The van der Waals surface area contributed by atoms with Crippen molar-refractivity contribution in [1.82, 2.24) is 25.1 Å². The maximum atomic E-state index is 12.8. The van der Waals surface area contributed by atoms with E-state index in [4.69, 9.17) is 0 Å². The smallest absolute Gasteiger partial charge is 0.258 e. The maximum Gasteiger partial charge on any atom is 0.258 e. The zero-order valence-corrected chi connectivity index (χ0v) is 19.1. The van der Waals surface area contributed by atoms with E-state index in [9.17, 15) is 19.2 Å². The fourth-order valence-electron chi connectivity index (χ4n) is 4.52. The van der Waals surface area contributed by atoms with Gasteiger partial charge in [0.2, 0.25) is 11.8 Å². The van der Waals surface area contributed by atoms with Gasteiger partial charge in [0.25, 0.3) is 11.5 Å². The van der Waals surface area contributed by atoms with Gasteiger partial charge in [-0.05, 0) is 30.7 Å². The summed E-state index contributed by atoms with van der Waals surface area (Å²) in [7, 11) is 0. The van der Waals surface area contributed by atoms with Crippen LogP contribution >= 0.6 is 0 Å². The lowest BCUT2D eigenvalue weighted by Crippen LogP contribution is -2.49. The number of rotatable bonds is 5. The molecule has 180 valence electrons. The summed E-state index contributed by atoms with van der Waals surface area (Å²) < 4.78 is 0. The summed E-state index contributed by atoms with van der Waals surface area (Å²) in [6.07, 6.45) is 0.390. The molecule has 35 heavy (non-hydrogen) atoms. The number of piperazine rings is 1. The van der Waals surface area contributed by atoms with Crippen LogP contribution in [0.3, 0.4) is 0 Å². The molecule has 10 heteroatoms. The van der Waals surface area contributed by atoms with Crippen LogP contribution in [0.5, 0.6) is 0 Å². The van der Waals surface area contributed by atoms with Gasteiger partial charge in [-0.3, -0.25) is 24.1 Å². The average Bonchev–Trinajstić information content (AvgIpc) is 2.98. The van der Waals surface area contributed by atoms with Crippen LogP contribution in [-0.2, 0) is 16.1 Å². The molecule has 3 amide bonds. The third-order valence-electron chi connectivity index (χ3n) is 6.46.